The fraction of sp³-hybridized carbons (Fsp3) is 0.294. The van der Waals surface area contributed by atoms with Gasteiger partial charge in [-0.1, -0.05) is 31.2 Å². The van der Waals surface area contributed by atoms with Crippen LogP contribution in [0, 0.1) is 0 Å². The molecule has 0 saturated carbocycles. The number of benzene rings is 2. The maximum Gasteiger partial charge on any atom is 0.121 e. The quantitative estimate of drug-likeness (QED) is 0.845. The molecule has 2 N–H and O–H groups in total. The van der Waals surface area contributed by atoms with Crippen LogP contribution in [0.2, 0.25) is 0 Å². The molecule has 0 fully saturated rings. The Labute approximate surface area is 121 Å². The van der Waals surface area contributed by atoms with Crippen LogP contribution >= 0.6 is 0 Å². The summed E-state index contributed by atoms with van der Waals surface area (Å²) in [6, 6.07) is 14.4. The lowest BCUT2D eigenvalue weighted by Gasteiger charge is -2.22. The third-order valence-electron chi connectivity index (χ3n) is 3.50. The van der Waals surface area contributed by atoms with Crippen LogP contribution in [0.1, 0.15) is 18.1 Å². The maximum absolute atomic E-state index is 6.05. The van der Waals surface area contributed by atoms with E-state index in [1.54, 1.807) is 7.11 Å². The van der Waals surface area contributed by atoms with Gasteiger partial charge >= 0.3 is 0 Å². The molecule has 2 aromatic carbocycles. The second-order valence-electron chi connectivity index (χ2n) is 4.95. The molecule has 0 heterocycles. The first-order valence-corrected chi connectivity index (χ1v) is 6.86. The van der Waals surface area contributed by atoms with Crippen molar-refractivity contribution in [3.05, 3.63) is 53.6 Å². The number of nitrogens with zero attached hydrogens (tertiary/aromatic N) is 1. The van der Waals surface area contributed by atoms with Crippen LogP contribution in [0.15, 0.2) is 42.5 Å². The van der Waals surface area contributed by atoms with Crippen LogP contribution < -0.4 is 15.4 Å². The van der Waals surface area contributed by atoms with Gasteiger partial charge in [0.15, 0.2) is 0 Å². The molecule has 3 nitrogen and oxygen atoms in total. The monoisotopic (exact) mass is 270 g/mol. The number of anilines is 2. The number of hydrogen-bond acceptors (Lipinski definition) is 3. The van der Waals surface area contributed by atoms with Gasteiger partial charge in [-0.05, 0) is 29.7 Å². The molecule has 0 unspecified atom stereocenters. The van der Waals surface area contributed by atoms with Crippen LogP contribution in [0.5, 0.6) is 5.75 Å². The van der Waals surface area contributed by atoms with Crippen LogP contribution in [-0.2, 0) is 13.0 Å². The summed E-state index contributed by atoms with van der Waals surface area (Å²) in [6.07, 6.45) is 1.07. The Morgan fingerprint density at radius 3 is 2.30 bits per heavy atom. The maximum atomic E-state index is 6.05. The van der Waals surface area contributed by atoms with Gasteiger partial charge in [-0.3, -0.25) is 0 Å². The lowest BCUT2D eigenvalue weighted by atomic mass is 10.1. The molecule has 2 rings (SSSR count). The van der Waals surface area contributed by atoms with Crippen molar-refractivity contribution >= 4 is 11.4 Å². The molecular formula is C17H22N2O. The SMILES string of the molecule is CCc1ccc(CN(C)c2cc(OC)ccc2N)cc1. The third-order valence-corrected chi connectivity index (χ3v) is 3.50. The average Bonchev–Trinajstić information content (AvgIpc) is 2.48. The van der Waals surface area contributed by atoms with Gasteiger partial charge in [-0.25, -0.2) is 0 Å². The van der Waals surface area contributed by atoms with Gasteiger partial charge in [0.25, 0.3) is 0 Å². The molecule has 20 heavy (non-hydrogen) atoms. The van der Waals surface area contributed by atoms with Gasteiger partial charge < -0.3 is 15.4 Å². The molecule has 0 aliphatic rings. The molecule has 0 aromatic heterocycles. The molecule has 0 saturated heterocycles. The van der Waals surface area contributed by atoms with Gasteiger partial charge in [0.2, 0.25) is 0 Å². The summed E-state index contributed by atoms with van der Waals surface area (Å²) in [4.78, 5) is 2.14. The smallest absolute Gasteiger partial charge is 0.121 e. The predicted molar refractivity (Wildman–Crippen MR) is 85.3 cm³/mol. The van der Waals surface area contributed by atoms with Gasteiger partial charge in [0.1, 0.15) is 5.75 Å². The largest absolute Gasteiger partial charge is 0.497 e. The number of rotatable bonds is 5. The Balaban J connectivity index is 2.16. The van der Waals surface area contributed by atoms with Crippen molar-refractivity contribution < 1.29 is 4.74 Å². The van der Waals surface area contributed by atoms with E-state index in [1.807, 2.05) is 25.2 Å². The average molecular weight is 270 g/mol. The molecule has 106 valence electrons. The van der Waals surface area contributed by atoms with Crippen LogP contribution in [-0.4, -0.2) is 14.2 Å². The van der Waals surface area contributed by atoms with Gasteiger partial charge in [-0.2, -0.15) is 0 Å². The summed E-state index contributed by atoms with van der Waals surface area (Å²) < 4.78 is 5.26. The number of aryl methyl sites for hydroxylation is 1. The first-order valence-electron chi connectivity index (χ1n) is 6.86. The lowest BCUT2D eigenvalue weighted by molar-refractivity contribution is 0.415. The summed E-state index contributed by atoms with van der Waals surface area (Å²) in [5.74, 6) is 0.822. The molecule has 0 aliphatic heterocycles. The molecule has 0 spiro atoms. The van der Waals surface area contributed by atoms with Gasteiger partial charge in [-0.15, -0.1) is 0 Å². The van der Waals surface area contributed by atoms with Gasteiger partial charge in [0.05, 0.1) is 18.5 Å². The molecule has 0 atom stereocenters. The van der Waals surface area contributed by atoms with Crippen molar-refractivity contribution in [1.29, 1.82) is 0 Å². The van der Waals surface area contributed by atoms with Crippen molar-refractivity contribution in [1.82, 2.24) is 0 Å². The highest BCUT2D eigenvalue weighted by Crippen LogP contribution is 2.28. The number of methoxy groups -OCH3 is 1. The zero-order valence-electron chi connectivity index (χ0n) is 12.4. The minimum atomic E-state index is 0.762. The van der Waals surface area contributed by atoms with Crippen LogP contribution in [0.25, 0.3) is 0 Å². The first-order chi connectivity index (χ1) is 9.63. The summed E-state index contributed by atoms with van der Waals surface area (Å²) in [5, 5.41) is 0. The first kappa shape index (κ1) is 14.3. The molecule has 0 radical (unpaired) electrons. The van der Waals surface area contributed by atoms with E-state index >= 15 is 0 Å². The molecule has 0 bridgehead atoms. The van der Waals surface area contributed by atoms with E-state index in [9.17, 15) is 0 Å². The lowest BCUT2D eigenvalue weighted by Crippen LogP contribution is -2.17. The van der Waals surface area contributed by atoms with Crippen LogP contribution in [0.3, 0.4) is 0 Å². The van der Waals surface area contributed by atoms with Gasteiger partial charge in [0, 0.05) is 19.7 Å². The van der Waals surface area contributed by atoms with Crippen molar-refractivity contribution in [2.24, 2.45) is 0 Å². The highest BCUT2D eigenvalue weighted by molar-refractivity contribution is 5.69. The number of hydrogen-bond donors (Lipinski definition) is 1. The Morgan fingerprint density at radius 2 is 1.70 bits per heavy atom. The fourth-order valence-electron chi connectivity index (χ4n) is 2.22. The zero-order chi connectivity index (χ0) is 14.5. The van der Waals surface area contributed by atoms with Crippen molar-refractivity contribution in [3.8, 4) is 5.75 Å². The minimum absolute atomic E-state index is 0.762. The second kappa shape index (κ2) is 6.33. The summed E-state index contributed by atoms with van der Waals surface area (Å²) >= 11 is 0. The second-order valence-corrected chi connectivity index (χ2v) is 4.95. The van der Waals surface area contributed by atoms with E-state index in [0.717, 1.165) is 30.1 Å². The minimum Gasteiger partial charge on any atom is -0.497 e. The van der Waals surface area contributed by atoms with Crippen molar-refractivity contribution in [3.63, 3.8) is 0 Å². The molecule has 3 heteroatoms. The van der Waals surface area contributed by atoms with E-state index < -0.39 is 0 Å². The number of ether oxygens (including phenoxy) is 1. The highest BCUT2D eigenvalue weighted by Gasteiger charge is 2.07. The topological polar surface area (TPSA) is 38.5 Å². The fourth-order valence-corrected chi connectivity index (χ4v) is 2.22. The Hall–Kier alpha value is -2.16. The molecule has 0 aliphatic carbocycles. The predicted octanol–water partition coefficient (Wildman–Crippen LogP) is 3.48. The normalized spacial score (nSPS) is 10.3. The Bertz CT molecular complexity index is 564. The Kier molecular flexibility index (Phi) is 4.51. The molecule has 0 amide bonds. The number of nitrogens with two attached hydrogens (primary N) is 1. The van der Waals surface area contributed by atoms with Crippen LogP contribution in [0.4, 0.5) is 11.4 Å². The standard InChI is InChI=1S/C17H22N2O/c1-4-13-5-7-14(8-6-13)12-19(2)17-11-15(20-3)9-10-16(17)18/h5-11H,4,12,18H2,1-3H3. The van der Waals surface area contributed by atoms with E-state index in [-0.39, 0.29) is 0 Å². The van der Waals surface area contributed by atoms with Crippen molar-refractivity contribution in [2.45, 2.75) is 19.9 Å². The summed E-state index contributed by atoms with van der Waals surface area (Å²) in [7, 11) is 3.71. The van der Waals surface area contributed by atoms with E-state index in [0.29, 0.717) is 0 Å². The molecule has 2 aromatic rings. The van der Waals surface area contributed by atoms with E-state index in [1.165, 1.54) is 11.1 Å². The third kappa shape index (κ3) is 3.23. The van der Waals surface area contributed by atoms with E-state index in [2.05, 4.69) is 36.1 Å². The summed E-state index contributed by atoms with van der Waals surface area (Å²) in [5.41, 5.74) is 10.4. The van der Waals surface area contributed by atoms with E-state index in [4.69, 9.17) is 10.5 Å². The molecular weight excluding hydrogens is 248 g/mol. The Morgan fingerprint density at radius 1 is 1.05 bits per heavy atom. The number of nitrogen functional groups attached to an aromatic ring is 1. The highest BCUT2D eigenvalue weighted by atomic mass is 16.5. The van der Waals surface area contributed by atoms with Crippen molar-refractivity contribution in [2.75, 3.05) is 24.8 Å². The summed E-state index contributed by atoms with van der Waals surface area (Å²) in [6.45, 7) is 2.99. The zero-order valence-corrected chi connectivity index (χ0v) is 12.4.